The molecule has 1 N–H and O–H groups in total. The molecule has 3 heteroatoms. The Hall–Kier alpha value is 0.979. The predicted molar refractivity (Wildman–Crippen MR) is 74.9 cm³/mol. The summed E-state index contributed by atoms with van der Waals surface area (Å²) in [6, 6.07) is 0. The standard InChI is InChI=1S/C4H7O.2C4H9.BrH.Sn/c1-3-4(2)5;2*1-3-4-2;;/h1,3-5H,2H3;2*1,3-4H2,2H3;1H;/q;;;;+1/p-1. The molecule has 0 rings (SSSR count). The molecule has 1 unspecified atom stereocenters. The number of unbranched alkanes of at least 4 members (excludes halogenated alkanes) is 2. The monoisotopic (exact) mass is 384 g/mol. The zero-order valence-electron chi connectivity index (χ0n) is 10.3. The molecule has 1 atom stereocenters. The fourth-order valence-corrected chi connectivity index (χ4v) is 15.1. The Morgan fingerprint density at radius 2 is 1.67 bits per heavy atom. The summed E-state index contributed by atoms with van der Waals surface area (Å²) in [5, 5.41) is 9.29. The van der Waals surface area contributed by atoms with Gasteiger partial charge >= 0.3 is 106 Å². The topological polar surface area (TPSA) is 20.2 Å². The fraction of sp³-hybridized carbons (Fsp3) is 0.833. The average molecular weight is 384 g/mol. The summed E-state index contributed by atoms with van der Waals surface area (Å²) >= 11 is 1.88. The van der Waals surface area contributed by atoms with E-state index in [1.807, 2.05) is 13.0 Å². The van der Waals surface area contributed by atoms with Crippen LogP contribution in [0.25, 0.3) is 0 Å². The Balaban J connectivity index is 4.25. The molecule has 0 aromatic carbocycles. The fourth-order valence-electron chi connectivity index (χ4n) is 1.54. The van der Waals surface area contributed by atoms with Crippen LogP contribution in [0.2, 0.25) is 8.87 Å². The van der Waals surface area contributed by atoms with Gasteiger partial charge in [-0.3, -0.25) is 0 Å². The molecule has 0 bridgehead atoms. The summed E-state index contributed by atoms with van der Waals surface area (Å²) < 4.78 is 5.09. The quantitative estimate of drug-likeness (QED) is 0.616. The minimum atomic E-state index is -2.14. The van der Waals surface area contributed by atoms with Crippen LogP contribution in [-0.4, -0.2) is 27.4 Å². The van der Waals surface area contributed by atoms with Crippen molar-refractivity contribution in [3.63, 3.8) is 0 Å². The van der Waals surface area contributed by atoms with Gasteiger partial charge in [0.2, 0.25) is 0 Å². The van der Waals surface area contributed by atoms with Crippen LogP contribution in [0.1, 0.15) is 46.5 Å². The molecule has 15 heavy (non-hydrogen) atoms. The van der Waals surface area contributed by atoms with Gasteiger partial charge in [0.1, 0.15) is 0 Å². The third-order valence-corrected chi connectivity index (χ3v) is 18.7. The van der Waals surface area contributed by atoms with Gasteiger partial charge in [-0.15, -0.1) is 0 Å². The van der Waals surface area contributed by atoms with E-state index in [0.29, 0.717) is 0 Å². The Morgan fingerprint density at radius 3 is 2.00 bits per heavy atom. The molecule has 0 aliphatic heterocycles. The maximum atomic E-state index is 9.29. The van der Waals surface area contributed by atoms with E-state index in [-0.39, 0.29) is 6.10 Å². The van der Waals surface area contributed by atoms with E-state index in [1.54, 1.807) is 0 Å². The van der Waals surface area contributed by atoms with Crippen molar-refractivity contribution < 1.29 is 5.11 Å². The SMILES string of the molecule is CCC[CH2][Sn]([Br])(/[CH]=C\C(C)O)[CH2]CCC. The average Bonchev–Trinajstić information content (AvgIpc) is 2.21. The van der Waals surface area contributed by atoms with Crippen LogP contribution in [0.5, 0.6) is 0 Å². The van der Waals surface area contributed by atoms with E-state index < -0.39 is 16.2 Å². The van der Waals surface area contributed by atoms with Crippen molar-refractivity contribution in [2.45, 2.75) is 61.4 Å². The molecule has 0 aliphatic carbocycles. The summed E-state index contributed by atoms with van der Waals surface area (Å²) in [6.07, 6.45) is 6.90. The zero-order chi connectivity index (χ0) is 11.7. The van der Waals surface area contributed by atoms with Crippen LogP contribution >= 0.6 is 12.7 Å². The molecule has 0 aromatic heterocycles. The van der Waals surface area contributed by atoms with E-state index in [9.17, 15) is 5.11 Å². The molecule has 0 saturated heterocycles. The van der Waals surface area contributed by atoms with Gasteiger partial charge in [-0.25, -0.2) is 0 Å². The molecule has 0 amide bonds. The first-order chi connectivity index (χ1) is 7.04. The molecule has 90 valence electrons. The molecule has 0 spiro atoms. The number of aliphatic hydroxyl groups excluding tert-OH is 1. The third-order valence-electron chi connectivity index (χ3n) is 2.57. The first-order valence-electron chi connectivity index (χ1n) is 6.10. The van der Waals surface area contributed by atoms with Gasteiger partial charge in [0, 0.05) is 0 Å². The molecule has 0 radical (unpaired) electrons. The van der Waals surface area contributed by atoms with Crippen molar-refractivity contribution >= 4 is 28.9 Å². The molecular weight excluding hydrogens is 359 g/mol. The summed E-state index contributed by atoms with van der Waals surface area (Å²) in [7, 11) is 0. The van der Waals surface area contributed by atoms with Crippen molar-refractivity contribution in [2.75, 3.05) is 0 Å². The van der Waals surface area contributed by atoms with Crippen LogP contribution < -0.4 is 0 Å². The Kier molecular flexibility index (Phi) is 9.65. The number of hydrogen-bond acceptors (Lipinski definition) is 1. The van der Waals surface area contributed by atoms with Crippen LogP contribution in [0, 0.1) is 0 Å². The molecule has 0 heterocycles. The second kappa shape index (κ2) is 9.06. The Labute approximate surface area is 105 Å². The van der Waals surface area contributed by atoms with Crippen molar-refractivity contribution in [3.8, 4) is 0 Å². The molecule has 1 nitrogen and oxygen atoms in total. The van der Waals surface area contributed by atoms with Gasteiger partial charge in [-0.1, -0.05) is 0 Å². The van der Waals surface area contributed by atoms with E-state index in [1.165, 1.54) is 34.6 Å². The van der Waals surface area contributed by atoms with E-state index >= 15 is 0 Å². The second-order valence-corrected chi connectivity index (χ2v) is 24.6. The first kappa shape index (κ1) is 16.0. The summed E-state index contributed by atoms with van der Waals surface area (Å²) in [4.78, 5) is 0. The van der Waals surface area contributed by atoms with Crippen LogP contribution in [-0.2, 0) is 0 Å². The van der Waals surface area contributed by atoms with Crippen molar-refractivity contribution in [3.05, 3.63) is 10.2 Å². The maximum absolute atomic E-state index is 9.29. The Morgan fingerprint density at radius 1 is 1.20 bits per heavy atom. The second-order valence-electron chi connectivity index (χ2n) is 4.34. The van der Waals surface area contributed by atoms with Gasteiger partial charge < -0.3 is 0 Å². The Bertz CT molecular complexity index is 172. The van der Waals surface area contributed by atoms with Crippen molar-refractivity contribution in [1.29, 1.82) is 0 Å². The first-order valence-corrected chi connectivity index (χ1v) is 18.2. The van der Waals surface area contributed by atoms with Crippen LogP contribution in [0.15, 0.2) is 10.2 Å². The number of hydrogen-bond donors (Lipinski definition) is 1. The number of rotatable bonds is 8. The van der Waals surface area contributed by atoms with Crippen LogP contribution in [0.3, 0.4) is 0 Å². The molecule has 0 aliphatic rings. The zero-order valence-corrected chi connectivity index (χ0v) is 14.7. The summed E-state index contributed by atoms with van der Waals surface area (Å²) in [5.41, 5.74) is 0. The number of halogens is 1. The predicted octanol–water partition coefficient (Wildman–Crippen LogP) is 4.40. The van der Waals surface area contributed by atoms with Crippen LogP contribution in [0.4, 0.5) is 0 Å². The molecule has 0 aromatic rings. The normalized spacial score (nSPS) is 14.7. The van der Waals surface area contributed by atoms with E-state index in [4.69, 9.17) is 0 Å². The minimum absolute atomic E-state index is 0.290. The van der Waals surface area contributed by atoms with Gasteiger partial charge in [-0.05, 0) is 0 Å². The molecular formula is C12H25BrOSn. The van der Waals surface area contributed by atoms with Gasteiger partial charge in [0.15, 0.2) is 0 Å². The molecule has 0 saturated carbocycles. The summed E-state index contributed by atoms with van der Waals surface area (Å²) in [6.45, 7) is 6.32. The van der Waals surface area contributed by atoms with Gasteiger partial charge in [0.25, 0.3) is 0 Å². The van der Waals surface area contributed by atoms with Gasteiger partial charge in [-0.2, -0.15) is 0 Å². The molecule has 0 fully saturated rings. The number of aliphatic hydroxyl groups is 1. The third kappa shape index (κ3) is 8.75. The van der Waals surface area contributed by atoms with E-state index in [2.05, 4.69) is 30.6 Å². The van der Waals surface area contributed by atoms with E-state index in [0.717, 1.165) is 0 Å². The van der Waals surface area contributed by atoms with Crippen molar-refractivity contribution in [2.24, 2.45) is 0 Å². The van der Waals surface area contributed by atoms with Crippen molar-refractivity contribution in [1.82, 2.24) is 0 Å². The van der Waals surface area contributed by atoms with Gasteiger partial charge in [0.05, 0.1) is 0 Å². The summed E-state index contributed by atoms with van der Waals surface area (Å²) in [5.74, 6) is 0.